The van der Waals surface area contributed by atoms with Gasteiger partial charge in [0.05, 0.1) is 5.41 Å². The molecule has 0 spiro atoms. The van der Waals surface area contributed by atoms with Crippen molar-refractivity contribution in [2.24, 2.45) is 0 Å². The number of hydrogen-bond donors (Lipinski definition) is 1. The molecule has 0 radical (unpaired) electrons. The van der Waals surface area contributed by atoms with Crippen molar-refractivity contribution >= 4 is 39.2 Å². The molecule has 1 N–H and O–H groups in total. The van der Waals surface area contributed by atoms with Crippen LogP contribution in [0.2, 0.25) is 0 Å². The van der Waals surface area contributed by atoms with Crippen LogP contribution < -0.4 is 5.56 Å². The third kappa shape index (κ3) is 2.14. The van der Waals surface area contributed by atoms with Crippen molar-refractivity contribution in [1.82, 2.24) is 29.1 Å². The van der Waals surface area contributed by atoms with Crippen molar-refractivity contribution in [3.05, 3.63) is 20.9 Å². The van der Waals surface area contributed by atoms with Gasteiger partial charge in [0, 0.05) is 6.54 Å². The minimum atomic E-state index is -0.662. The van der Waals surface area contributed by atoms with Gasteiger partial charge in [0.1, 0.15) is 6.29 Å². The van der Waals surface area contributed by atoms with E-state index in [2.05, 4.69) is 43.0 Å². The molecule has 4 rings (SSSR count). The van der Waals surface area contributed by atoms with Crippen molar-refractivity contribution in [1.29, 1.82) is 0 Å². The van der Waals surface area contributed by atoms with Crippen LogP contribution in [0.1, 0.15) is 44.9 Å². The quantitative estimate of drug-likeness (QED) is 0.392. The Kier molecular flexibility index (Phi) is 3.56. The molecule has 0 amide bonds. The Bertz CT molecular complexity index is 997. The Hall–Kier alpha value is -2.03. The van der Waals surface area contributed by atoms with Crippen LogP contribution >= 0.6 is 15.9 Å². The lowest BCUT2D eigenvalue weighted by Crippen LogP contribution is -2.24. The first kappa shape index (κ1) is 15.5. The molecule has 0 saturated heterocycles. The van der Waals surface area contributed by atoms with E-state index in [0.717, 1.165) is 25.5 Å². The van der Waals surface area contributed by atoms with Gasteiger partial charge in [-0.05, 0) is 35.2 Å². The van der Waals surface area contributed by atoms with E-state index in [9.17, 15) is 9.59 Å². The number of imidazole rings is 1. The molecular weight excluding hydrogens is 376 g/mol. The van der Waals surface area contributed by atoms with Crippen molar-refractivity contribution < 1.29 is 4.79 Å². The Balaban J connectivity index is 2.01. The third-order valence-corrected chi connectivity index (χ3v) is 5.04. The monoisotopic (exact) mass is 392 g/mol. The van der Waals surface area contributed by atoms with E-state index in [0.29, 0.717) is 46.9 Å². The second-order valence-corrected chi connectivity index (χ2v) is 7.07. The number of H-pyrrole nitrogens is 1. The maximum Gasteiger partial charge on any atom is 0.286 e. The van der Waals surface area contributed by atoms with Gasteiger partial charge >= 0.3 is 0 Å². The largest absolute Gasteiger partial charge is 0.327 e. The number of aromatic amines is 1. The molecular formula is C15H17BrN6O2. The first-order chi connectivity index (χ1) is 11.6. The maximum absolute atomic E-state index is 12.9. The van der Waals surface area contributed by atoms with E-state index < -0.39 is 5.41 Å². The number of halogens is 1. The Morgan fingerprint density at radius 2 is 2.12 bits per heavy atom. The number of unbranched alkanes of at least 4 members (excludes halogenated alkanes) is 2. The van der Waals surface area contributed by atoms with Crippen LogP contribution in [0.25, 0.3) is 16.9 Å². The smallest absolute Gasteiger partial charge is 0.286 e. The van der Waals surface area contributed by atoms with E-state index in [1.165, 1.54) is 4.40 Å². The number of carbonyl (C=O) groups is 1. The minimum Gasteiger partial charge on any atom is -0.327 e. The molecule has 0 aromatic carbocycles. The van der Waals surface area contributed by atoms with Crippen molar-refractivity contribution in [2.45, 2.75) is 51.0 Å². The zero-order valence-corrected chi connectivity index (χ0v) is 14.8. The van der Waals surface area contributed by atoms with E-state index in [-0.39, 0.29) is 5.56 Å². The number of aldehydes is 1. The van der Waals surface area contributed by atoms with Crippen molar-refractivity contribution in [2.75, 3.05) is 0 Å². The van der Waals surface area contributed by atoms with Crippen LogP contribution in [0.15, 0.2) is 9.53 Å². The minimum absolute atomic E-state index is 0.266. The second-order valence-electron chi connectivity index (χ2n) is 6.32. The van der Waals surface area contributed by atoms with E-state index >= 15 is 0 Å². The molecule has 3 aromatic rings. The molecule has 3 aromatic heterocycles. The standard InChI is InChI=1S/C15H17BrN6O2/c1-2-3-4-7-21-10-9(17-13(16)18-10)11(24)22-12(19-20-14(21)22)15(8-23)5-6-15/h8H,2-7H2,1H3,(H,17,18). The summed E-state index contributed by atoms with van der Waals surface area (Å²) in [6.45, 7) is 2.83. The second kappa shape index (κ2) is 5.51. The highest BCUT2D eigenvalue weighted by Crippen LogP contribution is 2.45. The summed E-state index contributed by atoms with van der Waals surface area (Å²) in [6, 6.07) is 0. The lowest BCUT2D eigenvalue weighted by Gasteiger charge is -2.10. The fraction of sp³-hybridized carbons (Fsp3) is 0.533. The SMILES string of the molecule is CCCCCn1c2nc(Br)[nH]c2c(=O)n2c(C3(C=O)CC3)nnc12. The van der Waals surface area contributed by atoms with Gasteiger partial charge < -0.3 is 9.78 Å². The average Bonchev–Trinajstić information content (AvgIpc) is 3.07. The number of nitrogens with one attached hydrogen (secondary N) is 1. The van der Waals surface area contributed by atoms with Gasteiger partial charge in [-0.1, -0.05) is 19.8 Å². The predicted molar refractivity (Wildman–Crippen MR) is 91.1 cm³/mol. The number of fused-ring (bicyclic) bond motifs is 2. The number of aromatic nitrogens is 6. The van der Waals surface area contributed by atoms with Gasteiger partial charge in [0.2, 0.25) is 5.78 Å². The lowest BCUT2D eigenvalue weighted by atomic mass is 10.1. The molecule has 1 fully saturated rings. The van der Waals surface area contributed by atoms with Gasteiger partial charge in [0.15, 0.2) is 21.7 Å². The summed E-state index contributed by atoms with van der Waals surface area (Å²) < 4.78 is 3.88. The fourth-order valence-electron chi connectivity index (χ4n) is 3.10. The van der Waals surface area contributed by atoms with E-state index in [1.54, 1.807) is 0 Å². The van der Waals surface area contributed by atoms with Crippen molar-refractivity contribution in [3.63, 3.8) is 0 Å². The van der Waals surface area contributed by atoms with Crippen molar-refractivity contribution in [3.8, 4) is 0 Å². The topological polar surface area (TPSA) is 97.9 Å². The van der Waals surface area contributed by atoms with Gasteiger partial charge in [0.25, 0.3) is 5.56 Å². The summed E-state index contributed by atoms with van der Waals surface area (Å²) in [4.78, 5) is 31.8. The maximum atomic E-state index is 12.9. The summed E-state index contributed by atoms with van der Waals surface area (Å²) in [5.74, 6) is 0.889. The third-order valence-electron chi connectivity index (χ3n) is 4.66. The summed E-state index contributed by atoms with van der Waals surface area (Å²) in [5.41, 5.74) is 0.0298. The molecule has 9 heteroatoms. The number of hydrogen-bond acceptors (Lipinski definition) is 5. The molecule has 8 nitrogen and oxygen atoms in total. The van der Waals surface area contributed by atoms with Crippen LogP contribution in [-0.2, 0) is 16.8 Å². The number of rotatable bonds is 6. The molecule has 1 aliphatic carbocycles. The normalized spacial score (nSPS) is 16.1. The first-order valence-electron chi connectivity index (χ1n) is 8.11. The molecule has 0 atom stereocenters. The zero-order valence-electron chi connectivity index (χ0n) is 13.3. The van der Waals surface area contributed by atoms with Crippen LogP contribution in [0.3, 0.4) is 0 Å². The number of carbonyl (C=O) groups excluding carboxylic acids is 1. The van der Waals surface area contributed by atoms with E-state index in [4.69, 9.17) is 0 Å². The molecule has 24 heavy (non-hydrogen) atoms. The Morgan fingerprint density at radius 1 is 1.33 bits per heavy atom. The molecule has 1 saturated carbocycles. The zero-order chi connectivity index (χ0) is 16.9. The highest BCUT2D eigenvalue weighted by molar-refractivity contribution is 9.10. The summed E-state index contributed by atoms with van der Waals surface area (Å²) >= 11 is 3.30. The average molecular weight is 393 g/mol. The van der Waals surface area contributed by atoms with Crippen LogP contribution in [0.4, 0.5) is 0 Å². The highest BCUT2D eigenvalue weighted by Gasteiger charge is 2.49. The molecule has 0 unspecified atom stereocenters. The molecule has 0 bridgehead atoms. The summed E-state index contributed by atoms with van der Waals surface area (Å²) in [6.07, 6.45) is 5.42. The Morgan fingerprint density at radius 3 is 2.79 bits per heavy atom. The van der Waals surface area contributed by atoms with Crippen LogP contribution in [0.5, 0.6) is 0 Å². The number of aryl methyl sites for hydroxylation is 1. The summed E-state index contributed by atoms with van der Waals surface area (Å²) in [5, 5.41) is 8.40. The van der Waals surface area contributed by atoms with E-state index in [1.807, 2.05) is 4.57 Å². The van der Waals surface area contributed by atoms with Gasteiger partial charge in [-0.3, -0.25) is 9.36 Å². The fourth-order valence-corrected chi connectivity index (χ4v) is 3.47. The van der Waals surface area contributed by atoms with Gasteiger partial charge in [-0.2, -0.15) is 0 Å². The van der Waals surface area contributed by atoms with Crippen LogP contribution in [-0.4, -0.2) is 35.4 Å². The lowest BCUT2D eigenvalue weighted by molar-refractivity contribution is -0.110. The summed E-state index contributed by atoms with van der Waals surface area (Å²) in [7, 11) is 0. The Labute approximate surface area is 145 Å². The predicted octanol–water partition coefficient (Wildman–Crippen LogP) is 1.95. The molecule has 1 aliphatic rings. The van der Waals surface area contributed by atoms with Gasteiger partial charge in [-0.25, -0.2) is 9.38 Å². The molecule has 3 heterocycles. The molecule has 126 valence electrons. The first-order valence-corrected chi connectivity index (χ1v) is 8.90. The van der Waals surface area contributed by atoms with Crippen LogP contribution in [0, 0.1) is 0 Å². The number of nitrogens with zero attached hydrogens (tertiary/aromatic N) is 5. The molecule has 0 aliphatic heterocycles. The van der Waals surface area contributed by atoms with Gasteiger partial charge in [-0.15, -0.1) is 10.2 Å². The highest BCUT2D eigenvalue weighted by atomic mass is 79.9.